The second-order valence-corrected chi connectivity index (χ2v) is 5.31. The van der Waals surface area contributed by atoms with Crippen molar-refractivity contribution in [2.45, 2.75) is 6.92 Å². The number of aromatic carboxylic acids is 1. The molecule has 1 aromatic carbocycles. The first-order chi connectivity index (χ1) is 10.5. The molecule has 1 aliphatic heterocycles. The van der Waals surface area contributed by atoms with E-state index in [4.69, 9.17) is 16.7 Å². The van der Waals surface area contributed by atoms with Crippen LogP contribution in [0.5, 0.6) is 0 Å². The highest BCUT2D eigenvalue weighted by Crippen LogP contribution is 2.16. The summed E-state index contributed by atoms with van der Waals surface area (Å²) < 4.78 is 0. The average Bonchev–Trinajstić information content (AvgIpc) is 2.98. The number of nitrogens with one attached hydrogen (secondary N) is 3. The van der Waals surface area contributed by atoms with Gasteiger partial charge in [0.05, 0.1) is 5.56 Å². The third kappa shape index (κ3) is 2.80. The zero-order valence-corrected chi connectivity index (χ0v) is 12.5. The summed E-state index contributed by atoms with van der Waals surface area (Å²) in [6.45, 7) is 1.94. The van der Waals surface area contributed by atoms with Crippen LogP contribution in [-0.4, -0.2) is 16.1 Å². The molecule has 112 valence electrons. The molecular weight excluding hydrogens is 304 g/mol. The Morgan fingerprint density at radius 1 is 1.32 bits per heavy atom. The van der Waals surface area contributed by atoms with Crippen molar-refractivity contribution in [2.75, 3.05) is 0 Å². The van der Waals surface area contributed by atoms with E-state index in [1.54, 1.807) is 30.5 Å². The minimum atomic E-state index is -0.945. The van der Waals surface area contributed by atoms with Gasteiger partial charge >= 0.3 is 5.97 Å². The van der Waals surface area contributed by atoms with Crippen LogP contribution in [0.1, 0.15) is 21.5 Å². The monoisotopic (exact) mass is 317 g/mol. The van der Waals surface area contributed by atoms with E-state index < -0.39 is 5.97 Å². The first kappa shape index (κ1) is 14.5. The molecule has 0 spiro atoms. The van der Waals surface area contributed by atoms with Gasteiger partial charge in [-0.15, -0.1) is 0 Å². The summed E-state index contributed by atoms with van der Waals surface area (Å²) in [5, 5.41) is 10.4. The van der Waals surface area contributed by atoms with E-state index in [1.165, 1.54) is 0 Å². The normalized spacial score (nSPS) is 17.0. The van der Waals surface area contributed by atoms with Crippen LogP contribution in [0.15, 0.2) is 42.7 Å². The van der Waals surface area contributed by atoms with Crippen molar-refractivity contribution in [1.29, 1.82) is 0 Å². The highest BCUT2D eigenvalue weighted by Gasteiger charge is 2.23. The number of halogens is 1. The second-order valence-electron chi connectivity index (χ2n) is 4.93. The lowest BCUT2D eigenvalue weighted by Crippen LogP contribution is -3.09. The van der Waals surface area contributed by atoms with Gasteiger partial charge in [0.25, 0.3) is 0 Å². The Balaban J connectivity index is 1.92. The number of hydrazine groups is 1. The fraction of sp³-hybridized carbons (Fsp3) is 0.0667. The quantitative estimate of drug-likeness (QED) is 0.641. The largest absolute Gasteiger partial charge is 0.478 e. The molecule has 0 saturated carbocycles. The van der Waals surface area contributed by atoms with Gasteiger partial charge in [0.15, 0.2) is 5.69 Å². The fourth-order valence-corrected chi connectivity index (χ4v) is 2.34. The van der Waals surface area contributed by atoms with Gasteiger partial charge in [-0.25, -0.2) is 9.78 Å². The molecule has 1 aromatic heterocycles. The van der Waals surface area contributed by atoms with Crippen molar-refractivity contribution in [3.63, 3.8) is 0 Å². The van der Waals surface area contributed by atoms with Crippen molar-refractivity contribution < 1.29 is 14.9 Å². The van der Waals surface area contributed by atoms with Crippen LogP contribution in [0.4, 0.5) is 5.69 Å². The lowest BCUT2D eigenvalue weighted by molar-refractivity contribution is -0.825. The van der Waals surface area contributed by atoms with Gasteiger partial charge in [-0.1, -0.05) is 23.2 Å². The molecule has 0 amide bonds. The van der Waals surface area contributed by atoms with Gasteiger partial charge in [-0.05, 0) is 25.1 Å². The summed E-state index contributed by atoms with van der Waals surface area (Å²) in [5.74, 6) is -0.945. The summed E-state index contributed by atoms with van der Waals surface area (Å²) in [7, 11) is 0. The van der Waals surface area contributed by atoms with Crippen LogP contribution >= 0.6 is 11.6 Å². The molecule has 1 atom stereocenters. The van der Waals surface area contributed by atoms with Crippen LogP contribution in [0.3, 0.4) is 0 Å². The lowest BCUT2D eigenvalue weighted by Gasteiger charge is -2.11. The summed E-state index contributed by atoms with van der Waals surface area (Å²) >= 11 is 5.78. The minimum Gasteiger partial charge on any atom is -0.478 e. The Hall–Kier alpha value is -2.41. The fourth-order valence-electron chi connectivity index (χ4n) is 2.23. The van der Waals surface area contributed by atoms with Crippen molar-refractivity contribution >= 4 is 29.0 Å². The van der Waals surface area contributed by atoms with E-state index >= 15 is 0 Å². The predicted molar refractivity (Wildman–Crippen MR) is 82.3 cm³/mol. The van der Waals surface area contributed by atoms with E-state index in [-0.39, 0.29) is 5.56 Å². The number of nitrogens with zero attached hydrogens (tertiary/aromatic N) is 1. The Morgan fingerprint density at radius 3 is 2.82 bits per heavy atom. The molecular formula is C15H14ClN4O2+. The zero-order valence-electron chi connectivity index (χ0n) is 11.7. The molecule has 2 aromatic rings. The standard InChI is InChI=1S/C15H13ClN4O2/c1-9-2-3-10(15(21)22)6-13(9)20-8-12(18-19-20)11-4-5-14(16)17-7-11/h2-8,18-19H,1H3,(H,21,22)/p+1. The summed E-state index contributed by atoms with van der Waals surface area (Å²) in [6.07, 6.45) is 3.59. The molecule has 0 fully saturated rings. The van der Waals surface area contributed by atoms with Crippen molar-refractivity contribution in [1.82, 2.24) is 15.9 Å². The van der Waals surface area contributed by atoms with Crippen LogP contribution in [0, 0.1) is 6.92 Å². The van der Waals surface area contributed by atoms with Crippen molar-refractivity contribution in [2.24, 2.45) is 0 Å². The third-order valence-electron chi connectivity index (χ3n) is 3.43. The van der Waals surface area contributed by atoms with E-state index in [2.05, 4.69) is 15.9 Å². The smallest absolute Gasteiger partial charge is 0.335 e. The number of hydrogen-bond acceptors (Lipinski definition) is 4. The highest BCUT2D eigenvalue weighted by atomic mass is 35.5. The van der Waals surface area contributed by atoms with Gasteiger partial charge in [0.2, 0.25) is 0 Å². The molecule has 0 bridgehead atoms. The first-order valence-electron chi connectivity index (χ1n) is 6.61. The number of carboxylic acids is 1. The van der Waals surface area contributed by atoms with E-state index in [1.807, 2.05) is 19.2 Å². The van der Waals surface area contributed by atoms with E-state index in [0.717, 1.165) is 27.5 Å². The summed E-state index contributed by atoms with van der Waals surface area (Å²) in [6, 6.07) is 8.62. The maximum atomic E-state index is 11.1. The molecule has 7 heteroatoms. The highest BCUT2D eigenvalue weighted by molar-refractivity contribution is 6.29. The lowest BCUT2D eigenvalue weighted by atomic mass is 10.1. The summed E-state index contributed by atoms with van der Waals surface area (Å²) in [4.78, 5) is 15.2. The van der Waals surface area contributed by atoms with E-state index in [9.17, 15) is 4.79 Å². The van der Waals surface area contributed by atoms with Crippen LogP contribution in [0.2, 0.25) is 5.15 Å². The number of carboxylic acid groups (broad SMARTS) is 1. The van der Waals surface area contributed by atoms with Crippen LogP contribution in [-0.2, 0) is 0 Å². The van der Waals surface area contributed by atoms with Crippen LogP contribution < -0.4 is 16.0 Å². The molecule has 3 rings (SSSR count). The molecule has 1 aliphatic rings. The Labute approximate surface area is 132 Å². The van der Waals surface area contributed by atoms with Crippen molar-refractivity contribution in [3.05, 3.63) is 64.6 Å². The van der Waals surface area contributed by atoms with Gasteiger partial charge in [-0.2, -0.15) is 5.01 Å². The Bertz CT molecular complexity index is 759. The molecule has 0 aliphatic carbocycles. The van der Waals surface area contributed by atoms with Gasteiger partial charge in [0.1, 0.15) is 17.1 Å². The van der Waals surface area contributed by atoms with Gasteiger partial charge in [0, 0.05) is 23.4 Å². The molecule has 1 unspecified atom stereocenters. The third-order valence-corrected chi connectivity index (χ3v) is 3.66. The maximum absolute atomic E-state index is 11.1. The molecule has 4 N–H and O–H groups in total. The van der Waals surface area contributed by atoms with Crippen molar-refractivity contribution in [3.8, 4) is 0 Å². The number of rotatable bonds is 3. The number of carbonyl (C=O) groups is 1. The van der Waals surface area contributed by atoms with Crippen LogP contribution in [0.25, 0.3) is 5.70 Å². The number of aryl methyl sites for hydroxylation is 1. The molecule has 22 heavy (non-hydrogen) atoms. The Kier molecular flexibility index (Phi) is 3.81. The number of benzene rings is 1. The molecule has 0 saturated heterocycles. The summed E-state index contributed by atoms with van der Waals surface area (Å²) in [5.41, 5.74) is 9.94. The average molecular weight is 318 g/mol. The predicted octanol–water partition coefficient (Wildman–Crippen LogP) is 1.28. The number of quaternary nitrogens is 1. The zero-order chi connectivity index (χ0) is 15.7. The maximum Gasteiger partial charge on any atom is 0.335 e. The molecule has 2 heterocycles. The number of hydrogen-bond donors (Lipinski definition) is 4. The number of pyridine rings is 1. The molecule has 6 nitrogen and oxygen atoms in total. The van der Waals surface area contributed by atoms with Gasteiger partial charge in [-0.3, -0.25) is 5.43 Å². The Morgan fingerprint density at radius 2 is 2.14 bits per heavy atom. The number of aromatic nitrogens is 1. The van der Waals surface area contributed by atoms with E-state index in [0.29, 0.717) is 5.15 Å². The molecule has 0 radical (unpaired) electrons. The van der Waals surface area contributed by atoms with Gasteiger partial charge < -0.3 is 5.11 Å². The second kappa shape index (κ2) is 5.76. The SMILES string of the molecule is Cc1ccc(C(=O)O)cc1[NH+]1C=C(c2ccc(Cl)nc2)NN1. The minimum absolute atomic E-state index is 0.255. The first-order valence-corrected chi connectivity index (χ1v) is 6.99. The topological polar surface area (TPSA) is 78.7 Å².